The predicted octanol–water partition coefficient (Wildman–Crippen LogP) is 9.48. The third kappa shape index (κ3) is 7.77. The van der Waals surface area contributed by atoms with Crippen LogP contribution in [0.15, 0.2) is 152 Å². The molecule has 3 fully saturated rings. The van der Waals surface area contributed by atoms with E-state index >= 15 is 0 Å². The third-order valence-electron chi connectivity index (χ3n) is 13.2. The molecule has 6 aromatic carbocycles. The van der Waals surface area contributed by atoms with Gasteiger partial charge in [0.1, 0.15) is 29.5 Å². The van der Waals surface area contributed by atoms with Gasteiger partial charge in [0.25, 0.3) is 0 Å². The minimum Gasteiger partial charge on any atom is -0.508 e. The molecule has 62 heavy (non-hydrogen) atoms. The maximum Gasteiger partial charge on any atom is 0.315 e. The maximum atomic E-state index is 14.2. The molecular formula is C52H46O10. The first-order valence-corrected chi connectivity index (χ1v) is 21.2. The number of carboxylic acid groups (broad SMARTS) is 2. The van der Waals surface area contributed by atoms with Crippen LogP contribution in [-0.4, -0.2) is 51.4 Å². The van der Waals surface area contributed by atoms with Gasteiger partial charge >= 0.3 is 23.9 Å². The molecular weight excluding hydrogens is 785 g/mol. The first-order chi connectivity index (χ1) is 30.2. The van der Waals surface area contributed by atoms with Crippen LogP contribution in [0, 0.1) is 23.7 Å². The van der Waals surface area contributed by atoms with Crippen molar-refractivity contribution in [1.29, 1.82) is 0 Å². The molecule has 0 amide bonds. The molecule has 3 saturated carbocycles. The summed E-state index contributed by atoms with van der Waals surface area (Å²) in [6.45, 7) is 0. The fourth-order valence-electron chi connectivity index (χ4n) is 10.4. The standard InChI is InChI=1S/C52H46O10/c53-35-25-21-33(22-26-35)43-46(50(56)57)44(48(43)52(59)62-40-20-9-16-30-11-7-8-19-39(30)40)34-23-27-36(28-24-34)60-37-17-10-18-38(29-37)61-51(58)47-41(31-12-3-1-4-13-31)45(49(54)55)42(47)32-14-5-2-6-15-32/h1-9,11-16,19-28,37-38,41-48,53H,10,17-18,29H2,(H,54,55)(H,56,57)/t37?,38?,41-,42-,43-,44-,45?,46+,47?,48+/m1/s1. The Kier molecular flexibility index (Phi) is 11.2. The number of rotatable bonds is 12. The second-order valence-electron chi connectivity index (χ2n) is 16.7. The summed E-state index contributed by atoms with van der Waals surface area (Å²) in [5, 5.41) is 32.6. The lowest BCUT2D eigenvalue weighted by Gasteiger charge is -2.49. The van der Waals surface area contributed by atoms with Crippen LogP contribution in [-0.2, 0) is 23.9 Å². The maximum absolute atomic E-state index is 14.2. The van der Waals surface area contributed by atoms with E-state index < -0.39 is 77.3 Å². The molecule has 9 rings (SSSR count). The van der Waals surface area contributed by atoms with Crippen LogP contribution in [0.3, 0.4) is 0 Å². The molecule has 10 heteroatoms. The van der Waals surface area contributed by atoms with Crippen LogP contribution in [0.4, 0.5) is 0 Å². The topological polar surface area (TPSA) is 157 Å². The highest BCUT2D eigenvalue weighted by Crippen LogP contribution is 2.59. The number of hydrogen-bond acceptors (Lipinski definition) is 8. The Morgan fingerprint density at radius 3 is 1.55 bits per heavy atom. The van der Waals surface area contributed by atoms with E-state index in [-0.39, 0.29) is 11.9 Å². The van der Waals surface area contributed by atoms with Crippen LogP contribution in [0.25, 0.3) is 10.8 Å². The zero-order valence-corrected chi connectivity index (χ0v) is 33.7. The quantitative estimate of drug-likeness (QED) is 0.0802. The average molecular weight is 831 g/mol. The molecule has 3 N–H and O–H groups in total. The molecule has 8 atom stereocenters. The van der Waals surface area contributed by atoms with Crippen LogP contribution >= 0.6 is 0 Å². The van der Waals surface area contributed by atoms with Gasteiger partial charge in [-0.25, -0.2) is 0 Å². The molecule has 0 radical (unpaired) electrons. The second-order valence-corrected chi connectivity index (χ2v) is 16.7. The summed E-state index contributed by atoms with van der Waals surface area (Å²) >= 11 is 0. The van der Waals surface area contributed by atoms with Crippen LogP contribution < -0.4 is 9.47 Å². The van der Waals surface area contributed by atoms with Crippen molar-refractivity contribution >= 4 is 34.6 Å². The smallest absolute Gasteiger partial charge is 0.315 e. The van der Waals surface area contributed by atoms with Gasteiger partial charge in [0.05, 0.1) is 23.7 Å². The number of aromatic hydroxyl groups is 1. The fraction of sp³-hybridized carbons (Fsp3) is 0.269. The number of carbonyl (C=O) groups excluding carboxylic acids is 2. The van der Waals surface area contributed by atoms with E-state index in [0.717, 1.165) is 34.7 Å². The molecule has 314 valence electrons. The van der Waals surface area contributed by atoms with Crippen molar-refractivity contribution in [3.63, 3.8) is 0 Å². The molecule has 10 nitrogen and oxygen atoms in total. The average Bonchev–Trinajstić information content (AvgIpc) is 3.25. The number of carbonyl (C=O) groups is 4. The van der Waals surface area contributed by atoms with Crippen molar-refractivity contribution in [1.82, 2.24) is 0 Å². The van der Waals surface area contributed by atoms with Crippen LogP contribution in [0.2, 0.25) is 0 Å². The number of ether oxygens (including phenoxy) is 3. The van der Waals surface area contributed by atoms with Gasteiger partial charge < -0.3 is 29.5 Å². The molecule has 0 spiro atoms. The van der Waals surface area contributed by atoms with Crippen LogP contribution in [0.5, 0.6) is 17.2 Å². The van der Waals surface area contributed by atoms with Gasteiger partial charge in [-0.1, -0.05) is 121 Å². The highest BCUT2D eigenvalue weighted by Gasteiger charge is 2.60. The summed E-state index contributed by atoms with van der Waals surface area (Å²) in [4.78, 5) is 54.0. The summed E-state index contributed by atoms with van der Waals surface area (Å²) in [6.07, 6.45) is 1.91. The van der Waals surface area contributed by atoms with E-state index in [1.165, 1.54) is 12.1 Å². The van der Waals surface area contributed by atoms with Gasteiger partial charge in [-0.15, -0.1) is 0 Å². The third-order valence-corrected chi connectivity index (χ3v) is 13.2. The Hall–Kier alpha value is -6.94. The van der Waals surface area contributed by atoms with Crippen molar-refractivity contribution < 1.29 is 48.7 Å². The number of phenols is 1. The Bertz CT molecular complexity index is 2520. The van der Waals surface area contributed by atoms with Crippen molar-refractivity contribution in [3.05, 3.63) is 174 Å². The highest BCUT2D eigenvalue weighted by atomic mass is 16.5. The van der Waals surface area contributed by atoms with Crippen molar-refractivity contribution in [2.45, 2.75) is 61.6 Å². The largest absolute Gasteiger partial charge is 0.508 e. The molecule has 0 heterocycles. The summed E-state index contributed by atoms with van der Waals surface area (Å²) in [6, 6.07) is 45.1. The Balaban J connectivity index is 0.914. The summed E-state index contributed by atoms with van der Waals surface area (Å²) in [5.74, 6) is -7.71. The molecule has 0 saturated heterocycles. The number of hydrogen-bond donors (Lipinski definition) is 3. The van der Waals surface area contributed by atoms with E-state index in [4.69, 9.17) is 14.2 Å². The molecule has 3 aliphatic rings. The van der Waals surface area contributed by atoms with Gasteiger partial charge in [0.15, 0.2) is 0 Å². The zero-order valence-electron chi connectivity index (χ0n) is 33.7. The number of phenolic OH excluding ortho intramolecular Hbond substituents is 1. The molecule has 3 aliphatic carbocycles. The fourth-order valence-corrected chi connectivity index (χ4v) is 10.4. The van der Waals surface area contributed by atoms with E-state index in [0.29, 0.717) is 35.5 Å². The molecule has 0 aromatic heterocycles. The molecule has 0 bridgehead atoms. The lowest BCUT2D eigenvalue weighted by molar-refractivity contribution is -0.170. The zero-order chi connectivity index (χ0) is 42.9. The Morgan fingerprint density at radius 2 is 0.968 bits per heavy atom. The van der Waals surface area contributed by atoms with Gasteiger partial charge in [0.2, 0.25) is 0 Å². The number of benzene rings is 6. The van der Waals surface area contributed by atoms with Gasteiger partial charge in [-0.05, 0) is 77.2 Å². The van der Waals surface area contributed by atoms with Crippen molar-refractivity contribution in [2.75, 3.05) is 0 Å². The van der Waals surface area contributed by atoms with Crippen molar-refractivity contribution in [2.24, 2.45) is 23.7 Å². The lowest BCUT2D eigenvalue weighted by Crippen LogP contribution is -2.52. The number of esters is 2. The summed E-state index contributed by atoms with van der Waals surface area (Å²) < 4.78 is 18.8. The minimum absolute atomic E-state index is 0.0325. The van der Waals surface area contributed by atoms with E-state index in [1.54, 1.807) is 42.5 Å². The number of carboxylic acids is 2. The Morgan fingerprint density at radius 1 is 0.484 bits per heavy atom. The van der Waals surface area contributed by atoms with E-state index in [9.17, 15) is 34.5 Å². The highest BCUT2D eigenvalue weighted by molar-refractivity contribution is 5.92. The lowest BCUT2D eigenvalue weighted by atomic mass is 9.52. The van der Waals surface area contributed by atoms with Gasteiger partial charge in [-0.3, -0.25) is 19.2 Å². The first-order valence-electron chi connectivity index (χ1n) is 21.2. The summed E-state index contributed by atoms with van der Waals surface area (Å²) in [5.41, 5.74) is 2.85. The monoisotopic (exact) mass is 830 g/mol. The van der Waals surface area contributed by atoms with Crippen molar-refractivity contribution in [3.8, 4) is 17.2 Å². The Labute approximate surface area is 358 Å². The van der Waals surface area contributed by atoms with E-state index in [1.807, 2.05) is 97.1 Å². The molecule has 2 unspecified atom stereocenters. The van der Waals surface area contributed by atoms with Crippen LogP contribution in [0.1, 0.15) is 71.6 Å². The normalized spacial score (nSPS) is 26.6. The SMILES string of the molecule is O=C(O)C1[C@@H](c2ccccc2)C(C(=O)OC2CCCC(Oc3ccc([C@@H]4[C@@H](C(=O)O)[C@@H](c5ccc(O)cc5)[C@@H]4C(=O)Oc4cccc5ccccc45)cc3)C2)[C@@H]1c1ccccc1. The second kappa shape index (κ2) is 17.2. The molecule has 6 aromatic rings. The van der Waals surface area contributed by atoms with E-state index in [2.05, 4.69) is 0 Å². The number of aliphatic carboxylic acids is 2. The number of fused-ring (bicyclic) bond motifs is 1. The van der Waals surface area contributed by atoms with Gasteiger partial charge in [-0.2, -0.15) is 0 Å². The minimum atomic E-state index is -1.05. The summed E-state index contributed by atoms with van der Waals surface area (Å²) in [7, 11) is 0. The predicted molar refractivity (Wildman–Crippen MR) is 230 cm³/mol. The van der Waals surface area contributed by atoms with Gasteiger partial charge in [0, 0.05) is 35.5 Å². The molecule has 0 aliphatic heterocycles. The first kappa shape index (κ1) is 40.5.